The molecule has 1 aromatic rings. The van der Waals surface area contributed by atoms with E-state index in [0.717, 1.165) is 18.9 Å². The van der Waals surface area contributed by atoms with Gasteiger partial charge in [-0.1, -0.05) is 25.7 Å². The van der Waals surface area contributed by atoms with Gasteiger partial charge in [0.25, 0.3) is 5.91 Å². The zero-order valence-corrected chi connectivity index (χ0v) is 13.3. The third-order valence-corrected chi connectivity index (χ3v) is 4.22. The van der Waals surface area contributed by atoms with Crippen LogP contribution in [0, 0.1) is 5.92 Å². The van der Waals surface area contributed by atoms with Gasteiger partial charge in [-0.3, -0.25) is 9.59 Å². The Hall–Kier alpha value is -1.84. The Bertz CT molecular complexity index is 490. The van der Waals surface area contributed by atoms with Crippen LogP contribution in [-0.2, 0) is 4.79 Å². The van der Waals surface area contributed by atoms with Crippen molar-refractivity contribution in [2.24, 2.45) is 5.92 Å². The average molecular weight is 303 g/mol. The maximum Gasteiger partial charge on any atom is 0.257 e. The summed E-state index contributed by atoms with van der Waals surface area (Å²) >= 11 is 0. The van der Waals surface area contributed by atoms with E-state index in [1.54, 1.807) is 24.3 Å². The Labute approximate surface area is 132 Å². The molecule has 0 heterocycles. The van der Waals surface area contributed by atoms with Crippen molar-refractivity contribution in [2.45, 2.75) is 45.4 Å². The zero-order chi connectivity index (χ0) is 15.8. The van der Waals surface area contributed by atoms with Gasteiger partial charge in [-0.15, -0.1) is 0 Å². The molecule has 1 aliphatic rings. The molecule has 1 amide bonds. The maximum absolute atomic E-state index is 11.7. The lowest BCUT2D eigenvalue weighted by molar-refractivity contribution is -0.123. The second kappa shape index (κ2) is 8.57. The molecule has 0 radical (unpaired) electrons. The lowest BCUT2D eigenvalue weighted by Gasteiger charge is -2.10. The largest absolute Gasteiger partial charge is 0.484 e. The van der Waals surface area contributed by atoms with E-state index in [-0.39, 0.29) is 18.3 Å². The van der Waals surface area contributed by atoms with E-state index >= 15 is 0 Å². The third kappa shape index (κ3) is 5.51. The fourth-order valence-electron chi connectivity index (χ4n) is 2.90. The lowest BCUT2D eigenvalue weighted by Crippen LogP contribution is -2.29. The van der Waals surface area contributed by atoms with Crippen molar-refractivity contribution in [3.05, 3.63) is 29.8 Å². The summed E-state index contributed by atoms with van der Waals surface area (Å²) in [5.74, 6) is 1.40. The first-order valence-electron chi connectivity index (χ1n) is 8.15. The quantitative estimate of drug-likeness (QED) is 0.592. The van der Waals surface area contributed by atoms with Crippen molar-refractivity contribution in [1.29, 1.82) is 0 Å². The molecular weight excluding hydrogens is 278 g/mol. The van der Waals surface area contributed by atoms with Crippen molar-refractivity contribution in [3.63, 3.8) is 0 Å². The molecule has 1 saturated carbocycles. The number of ether oxygens (including phenoxy) is 1. The molecule has 4 heteroatoms. The summed E-state index contributed by atoms with van der Waals surface area (Å²) in [5.41, 5.74) is 0.642. The summed E-state index contributed by atoms with van der Waals surface area (Å²) in [6.07, 6.45) is 7.71. The molecule has 22 heavy (non-hydrogen) atoms. The number of carbonyl (C=O) groups excluding carboxylic acids is 2. The minimum absolute atomic E-state index is 0.0167. The van der Waals surface area contributed by atoms with E-state index in [2.05, 4.69) is 5.32 Å². The number of rotatable bonds is 8. The molecule has 0 spiro atoms. The number of carbonyl (C=O) groups is 2. The zero-order valence-electron chi connectivity index (χ0n) is 13.3. The number of nitrogens with one attached hydrogen (secondary N) is 1. The molecular formula is C18H25NO3. The van der Waals surface area contributed by atoms with Crippen molar-refractivity contribution in [2.75, 3.05) is 13.2 Å². The molecule has 0 aliphatic heterocycles. The summed E-state index contributed by atoms with van der Waals surface area (Å²) in [7, 11) is 0. The molecule has 1 fully saturated rings. The first-order chi connectivity index (χ1) is 10.6. The maximum atomic E-state index is 11.7. The van der Waals surface area contributed by atoms with Crippen molar-refractivity contribution in [1.82, 2.24) is 5.32 Å². The Morgan fingerprint density at radius 1 is 1.18 bits per heavy atom. The number of benzene rings is 1. The van der Waals surface area contributed by atoms with E-state index in [1.807, 2.05) is 0 Å². The average Bonchev–Trinajstić information content (AvgIpc) is 3.03. The minimum Gasteiger partial charge on any atom is -0.484 e. The normalized spacial score (nSPS) is 14.8. The molecule has 2 rings (SSSR count). The van der Waals surface area contributed by atoms with Crippen molar-refractivity contribution in [3.8, 4) is 5.75 Å². The molecule has 0 saturated heterocycles. The number of ketones is 1. The van der Waals surface area contributed by atoms with Gasteiger partial charge in [-0.2, -0.15) is 0 Å². The van der Waals surface area contributed by atoms with E-state index in [1.165, 1.54) is 39.0 Å². The highest BCUT2D eigenvalue weighted by Crippen LogP contribution is 2.28. The second-order valence-corrected chi connectivity index (χ2v) is 6.01. The van der Waals surface area contributed by atoms with Gasteiger partial charge in [-0.05, 0) is 49.9 Å². The first-order valence-corrected chi connectivity index (χ1v) is 8.15. The highest BCUT2D eigenvalue weighted by Gasteiger charge is 2.14. The Morgan fingerprint density at radius 3 is 2.50 bits per heavy atom. The predicted octanol–water partition coefficient (Wildman–Crippen LogP) is 3.35. The van der Waals surface area contributed by atoms with Gasteiger partial charge in [0.2, 0.25) is 0 Å². The van der Waals surface area contributed by atoms with Crippen LogP contribution in [0.2, 0.25) is 0 Å². The minimum atomic E-state index is -0.0953. The van der Waals surface area contributed by atoms with Gasteiger partial charge in [0.15, 0.2) is 12.4 Å². The van der Waals surface area contributed by atoms with E-state index in [9.17, 15) is 9.59 Å². The van der Waals surface area contributed by atoms with E-state index < -0.39 is 0 Å². The number of hydrogen-bond acceptors (Lipinski definition) is 3. The van der Waals surface area contributed by atoms with Crippen molar-refractivity contribution >= 4 is 11.7 Å². The SMILES string of the molecule is CC(=O)c1ccc(OCC(=O)NCCCC2CCCC2)cc1. The van der Waals surface area contributed by atoms with Gasteiger partial charge in [0, 0.05) is 12.1 Å². The van der Waals surface area contributed by atoms with Gasteiger partial charge in [-0.25, -0.2) is 0 Å². The monoisotopic (exact) mass is 303 g/mol. The van der Waals surface area contributed by atoms with E-state index in [4.69, 9.17) is 4.74 Å². The molecule has 1 aliphatic carbocycles. The van der Waals surface area contributed by atoms with Crippen LogP contribution in [0.15, 0.2) is 24.3 Å². The van der Waals surface area contributed by atoms with Crippen LogP contribution in [0.1, 0.15) is 55.8 Å². The van der Waals surface area contributed by atoms with Crippen LogP contribution in [0.25, 0.3) is 0 Å². The fourth-order valence-corrected chi connectivity index (χ4v) is 2.90. The molecule has 1 N–H and O–H groups in total. The smallest absolute Gasteiger partial charge is 0.257 e. The molecule has 120 valence electrons. The Balaban J connectivity index is 1.59. The van der Waals surface area contributed by atoms with Crippen LogP contribution in [0.4, 0.5) is 0 Å². The highest BCUT2D eigenvalue weighted by atomic mass is 16.5. The number of hydrogen-bond donors (Lipinski definition) is 1. The summed E-state index contributed by atoms with van der Waals surface area (Å²) < 4.78 is 5.41. The first kappa shape index (κ1) is 16.5. The highest BCUT2D eigenvalue weighted by molar-refractivity contribution is 5.94. The summed E-state index contributed by atoms with van der Waals surface area (Å²) in [5, 5.41) is 2.89. The topological polar surface area (TPSA) is 55.4 Å². The molecule has 0 bridgehead atoms. The molecule has 1 aromatic carbocycles. The van der Waals surface area contributed by atoms with E-state index in [0.29, 0.717) is 11.3 Å². The third-order valence-electron chi connectivity index (χ3n) is 4.22. The van der Waals surface area contributed by atoms with Crippen LogP contribution in [0.3, 0.4) is 0 Å². The summed E-state index contributed by atoms with van der Waals surface area (Å²) in [4.78, 5) is 22.9. The van der Waals surface area contributed by atoms with Crippen molar-refractivity contribution < 1.29 is 14.3 Å². The summed E-state index contributed by atoms with van der Waals surface area (Å²) in [6.45, 7) is 2.26. The molecule has 0 aromatic heterocycles. The van der Waals surface area contributed by atoms with Crippen LogP contribution < -0.4 is 10.1 Å². The van der Waals surface area contributed by atoms with Gasteiger partial charge in [0.1, 0.15) is 5.75 Å². The number of Topliss-reactive ketones (excluding diaryl/α,β-unsaturated/α-hetero) is 1. The Morgan fingerprint density at radius 2 is 1.86 bits per heavy atom. The molecule has 0 atom stereocenters. The molecule has 4 nitrogen and oxygen atoms in total. The molecule has 0 unspecified atom stereocenters. The lowest BCUT2D eigenvalue weighted by atomic mass is 10.0. The van der Waals surface area contributed by atoms with Crippen LogP contribution >= 0.6 is 0 Å². The van der Waals surface area contributed by atoms with Crippen LogP contribution in [-0.4, -0.2) is 24.8 Å². The van der Waals surface area contributed by atoms with Crippen LogP contribution in [0.5, 0.6) is 5.75 Å². The van der Waals surface area contributed by atoms with Gasteiger partial charge in [0.05, 0.1) is 0 Å². The number of amides is 1. The van der Waals surface area contributed by atoms with Gasteiger partial charge >= 0.3 is 0 Å². The summed E-state index contributed by atoms with van der Waals surface area (Å²) in [6, 6.07) is 6.84. The van der Waals surface area contributed by atoms with Gasteiger partial charge < -0.3 is 10.1 Å². The second-order valence-electron chi connectivity index (χ2n) is 6.01. The standard InChI is InChI=1S/C18H25NO3/c1-14(20)16-8-10-17(11-9-16)22-13-18(21)19-12-4-7-15-5-2-3-6-15/h8-11,15H,2-7,12-13H2,1H3,(H,19,21). The predicted molar refractivity (Wildman–Crippen MR) is 86.1 cm³/mol. The fraction of sp³-hybridized carbons (Fsp3) is 0.556. The Kier molecular flexibility index (Phi) is 6.44.